The van der Waals surface area contributed by atoms with E-state index in [0.29, 0.717) is 11.3 Å². The van der Waals surface area contributed by atoms with Crippen LogP contribution in [0.3, 0.4) is 0 Å². The van der Waals surface area contributed by atoms with Crippen LogP contribution in [0.15, 0.2) is 24.3 Å². The molecule has 90 valence electrons. The molecule has 2 nitrogen and oxygen atoms in total. The molecular weight excluding hydrogens is 196 g/mol. The molecule has 1 aromatic carbocycles. The van der Waals surface area contributed by atoms with Crippen LogP contribution in [0, 0.1) is 11.3 Å². The third-order valence-electron chi connectivity index (χ3n) is 3.42. The summed E-state index contributed by atoms with van der Waals surface area (Å²) >= 11 is 0. The largest absolute Gasteiger partial charge is 0.399 e. The first-order valence-electron chi connectivity index (χ1n) is 5.97. The summed E-state index contributed by atoms with van der Waals surface area (Å²) in [6, 6.07) is 8.04. The molecule has 3 N–H and O–H groups in total. The molecule has 0 saturated carbocycles. The first-order valence-corrected chi connectivity index (χ1v) is 5.97. The molecule has 0 aliphatic heterocycles. The minimum Gasteiger partial charge on any atom is -0.399 e. The van der Waals surface area contributed by atoms with Crippen LogP contribution in [-0.2, 0) is 6.54 Å². The second-order valence-corrected chi connectivity index (χ2v) is 5.49. The number of nitrogens with one attached hydrogen (secondary N) is 1. The molecule has 0 aliphatic rings. The summed E-state index contributed by atoms with van der Waals surface area (Å²) in [5.41, 5.74) is 8.16. The fourth-order valence-electron chi connectivity index (χ4n) is 1.44. The SMILES string of the molecule is CC(C)C(C)(C)CNCc1cccc(N)c1. The number of hydrogen-bond acceptors (Lipinski definition) is 2. The van der Waals surface area contributed by atoms with Gasteiger partial charge in [-0.25, -0.2) is 0 Å². The van der Waals surface area contributed by atoms with E-state index in [-0.39, 0.29) is 0 Å². The standard InChI is InChI=1S/C14H24N2/c1-11(2)14(3,4)10-16-9-12-6-5-7-13(15)8-12/h5-8,11,16H,9-10,15H2,1-4H3. The van der Waals surface area contributed by atoms with Gasteiger partial charge in [-0.3, -0.25) is 0 Å². The Morgan fingerprint density at radius 1 is 1.31 bits per heavy atom. The summed E-state index contributed by atoms with van der Waals surface area (Å²) in [6.45, 7) is 11.0. The topological polar surface area (TPSA) is 38.0 Å². The van der Waals surface area contributed by atoms with Crippen molar-refractivity contribution in [2.45, 2.75) is 34.2 Å². The van der Waals surface area contributed by atoms with Crippen molar-refractivity contribution < 1.29 is 0 Å². The van der Waals surface area contributed by atoms with Gasteiger partial charge in [-0.05, 0) is 29.0 Å². The van der Waals surface area contributed by atoms with Crippen molar-refractivity contribution >= 4 is 5.69 Å². The quantitative estimate of drug-likeness (QED) is 0.748. The molecular formula is C14H24N2. The maximum atomic E-state index is 5.74. The fraction of sp³-hybridized carbons (Fsp3) is 0.571. The summed E-state index contributed by atoms with van der Waals surface area (Å²) in [5, 5.41) is 3.49. The van der Waals surface area contributed by atoms with Crippen LogP contribution >= 0.6 is 0 Å². The average molecular weight is 220 g/mol. The molecule has 0 aliphatic carbocycles. The molecule has 0 spiro atoms. The average Bonchev–Trinajstić information content (AvgIpc) is 2.17. The van der Waals surface area contributed by atoms with Gasteiger partial charge in [0.05, 0.1) is 0 Å². The Labute approximate surface area is 99.2 Å². The van der Waals surface area contributed by atoms with Gasteiger partial charge >= 0.3 is 0 Å². The number of rotatable bonds is 5. The summed E-state index contributed by atoms with van der Waals surface area (Å²) in [6.07, 6.45) is 0. The second kappa shape index (κ2) is 5.35. The van der Waals surface area contributed by atoms with E-state index in [1.54, 1.807) is 0 Å². The molecule has 0 unspecified atom stereocenters. The van der Waals surface area contributed by atoms with Crippen LogP contribution in [0.2, 0.25) is 0 Å². The fourth-order valence-corrected chi connectivity index (χ4v) is 1.44. The van der Waals surface area contributed by atoms with Crippen LogP contribution in [0.5, 0.6) is 0 Å². The molecule has 0 saturated heterocycles. The third-order valence-corrected chi connectivity index (χ3v) is 3.42. The number of nitrogens with two attached hydrogens (primary N) is 1. The van der Waals surface area contributed by atoms with Crippen molar-refractivity contribution in [2.75, 3.05) is 12.3 Å². The summed E-state index contributed by atoms with van der Waals surface area (Å²) in [7, 11) is 0. The number of hydrogen-bond donors (Lipinski definition) is 2. The molecule has 2 heteroatoms. The van der Waals surface area contributed by atoms with Gasteiger partial charge in [0.25, 0.3) is 0 Å². The lowest BCUT2D eigenvalue weighted by Gasteiger charge is -2.29. The molecule has 1 rings (SSSR count). The van der Waals surface area contributed by atoms with Crippen molar-refractivity contribution in [3.05, 3.63) is 29.8 Å². The van der Waals surface area contributed by atoms with Crippen LogP contribution in [0.25, 0.3) is 0 Å². The zero-order valence-corrected chi connectivity index (χ0v) is 10.9. The highest BCUT2D eigenvalue weighted by atomic mass is 14.9. The maximum Gasteiger partial charge on any atom is 0.0317 e. The van der Waals surface area contributed by atoms with E-state index in [1.165, 1.54) is 5.56 Å². The number of anilines is 1. The minimum absolute atomic E-state index is 0.334. The van der Waals surface area contributed by atoms with Crippen molar-refractivity contribution in [3.63, 3.8) is 0 Å². The molecule has 0 heterocycles. The third kappa shape index (κ3) is 3.86. The highest BCUT2D eigenvalue weighted by Crippen LogP contribution is 2.24. The molecule has 0 aromatic heterocycles. The van der Waals surface area contributed by atoms with Gasteiger partial charge < -0.3 is 11.1 Å². The van der Waals surface area contributed by atoms with E-state index in [9.17, 15) is 0 Å². The first-order chi connectivity index (χ1) is 7.42. The Kier molecular flexibility index (Phi) is 4.36. The molecule has 16 heavy (non-hydrogen) atoms. The lowest BCUT2D eigenvalue weighted by atomic mass is 9.81. The molecule has 0 radical (unpaired) electrons. The highest BCUT2D eigenvalue weighted by Gasteiger charge is 2.21. The number of benzene rings is 1. The molecule has 0 bridgehead atoms. The van der Waals surface area contributed by atoms with Crippen LogP contribution in [0.1, 0.15) is 33.3 Å². The van der Waals surface area contributed by atoms with Crippen LogP contribution in [0.4, 0.5) is 5.69 Å². The van der Waals surface area contributed by atoms with Crippen LogP contribution in [-0.4, -0.2) is 6.54 Å². The van der Waals surface area contributed by atoms with Gasteiger partial charge in [-0.1, -0.05) is 39.8 Å². The van der Waals surface area contributed by atoms with E-state index < -0.39 is 0 Å². The second-order valence-electron chi connectivity index (χ2n) is 5.49. The van der Waals surface area contributed by atoms with Crippen LogP contribution < -0.4 is 11.1 Å². The summed E-state index contributed by atoms with van der Waals surface area (Å²) < 4.78 is 0. The Morgan fingerprint density at radius 3 is 2.56 bits per heavy atom. The zero-order valence-electron chi connectivity index (χ0n) is 10.9. The lowest BCUT2D eigenvalue weighted by Crippen LogP contribution is -2.33. The van der Waals surface area contributed by atoms with Gasteiger partial charge in [-0.2, -0.15) is 0 Å². The summed E-state index contributed by atoms with van der Waals surface area (Å²) in [5.74, 6) is 0.681. The van der Waals surface area contributed by atoms with Gasteiger partial charge in [0.1, 0.15) is 0 Å². The van der Waals surface area contributed by atoms with Crippen molar-refractivity contribution in [2.24, 2.45) is 11.3 Å². The molecule has 0 amide bonds. The summed E-state index contributed by atoms with van der Waals surface area (Å²) in [4.78, 5) is 0. The molecule has 1 aromatic rings. The smallest absolute Gasteiger partial charge is 0.0317 e. The van der Waals surface area contributed by atoms with E-state index in [2.05, 4.69) is 39.1 Å². The van der Waals surface area contributed by atoms with Gasteiger partial charge in [-0.15, -0.1) is 0 Å². The maximum absolute atomic E-state index is 5.74. The van der Waals surface area contributed by atoms with Gasteiger partial charge in [0.2, 0.25) is 0 Å². The van der Waals surface area contributed by atoms with E-state index in [4.69, 9.17) is 5.73 Å². The van der Waals surface area contributed by atoms with Crippen molar-refractivity contribution in [1.29, 1.82) is 0 Å². The van der Waals surface area contributed by atoms with E-state index in [1.807, 2.05) is 18.2 Å². The van der Waals surface area contributed by atoms with Gasteiger partial charge in [0, 0.05) is 18.8 Å². The Morgan fingerprint density at radius 2 is 2.00 bits per heavy atom. The normalized spacial score (nSPS) is 12.1. The van der Waals surface area contributed by atoms with E-state index in [0.717, 1.165) is 18.8 Å². The first kappa shape index (κ1) is 13.0. The minimum atomic E-state index is 0.334. The predicted octanol–water partition coefficient (Wildman–Crippen LogP) is 3.04. The number of nitrogen functional groups attached to an aromatic ring is 1. The Balaban J connectivity index is 2.42. The Hall–Kier alpha value is -1.02. The highest BCUT2D eigenvalue weighted by molar-refractivity contribution is 5.40. The molecule has 0 fully saturated rings. The van der Waals surface area contributed by atoms with Crippen molar-refractivity contribution in [1.82, 2.24) is 5.32 Å². The molecule has 0 atom stereocenters. The zero-order chi connectivity index (χ0) is 12.2. The monoisotopic (exact) mass is 220 g/mol. The Bertz CT molecular complexity index is 329. The van der Waals surface area contributed by atoms with Crippen molar-refractivity contribution in [3.8, 4) is 0 Å². The van der Waals surface area contributed by atoms with Gasteiger partial charge in [0.15, 0.2) is 0 Å². The van der Waals surface area contributed by atoms with E-state index >= 15 is 0 Å². The lowest BCUT2D eigenvalue weighted by molar-refractivity contribution is 0.238. The predicted molar refractivity (Wildman–Crippen MR) is 71.2 cm³/mol.